The van der Waals surface area contributed by atoms with E-state index in [1.807, 2.05) is 11.8 Å². The number of nitrogens with zero attached hydrogens (tertiary/aromatic N) is 1. The first-order chi connectivity index (χ1) is 10.1. The van der Waals surface area contributed by atoms with E-state index >= 15 is 0 Å². The SMILES string of the molecule is CCCCN(CC)C(C(=O)O)c1cc(OC)ccc1OC. The van der Waals surface area contributed by atoms with Crippen LogP contribution in [0.25, 0.3) is 0 Å². The number of ether oxygens (including phenoxy) is 2. The van der Waals surface area contributed by atoms with Gasteiger partial charge in [0.2, 0.25) is 0 Å². The number of hydrogen-bond acceptors (Lipinski definition) is 4. The zero-order valence-corrected chi connectivity index (χ0v) is 13.3. The molecule has 118 valence electrons. The summed E-state index contributed by atoms with van der Waals surface area (Å²) in [5, 5.41) is 9.67. The normalized spacial score (nSPS) is 12.2. The second-order valence-corrected chi connectivity index (χ2v) is 4.83. The Bertz CT molecular complexity index is 462. The molecule has 0 aliphatic heterocycles. The van der Waals surface area contributed by atoms with Crippen LogP contribution in [0.4, 0.5) is 0 Å². The van der Waals surface area contributed by atoms with Gasteiger partial charge in [-0.05, 0) is 37.7 Å². The quantitative estimate of drug-likeness (QED) is 0.759. The number of methoxy groups -OCH3 is 2. The van der Waals surface area contributed by atoms with Crippen molar-refractivity contribution in [2.75, 3.05) is 27.3 Å². The monoisotopic (exact) mass is 295 g/mol. The minimum atomic E-state index is -0.875. The van der Waals surface area contributed by atoms with Gasteiger partial charge in [0.15, 0.2) is 0 Å². The molecule has 0 aromatic heterocycles. The Morgan fingerprint density at radius 1 is 1.29 bits per heavy atom. The van der Waals surface area contributed by atoms with Crippen molar-refractivity contribution < 1.29 is 19.4 Å². The van der Waals surface area contributed by atoms with Crippen LogP contribution in [0.3, 0.4) is 0 Å². The Morgan fingerprint density at radius 3 is 2.48 bits per heavy atom. The summed E-state index contributed by atoms with van der Waals surface area (Å²) in [6, 6.07) is 4.53. The lowest BCUT2D eigenvalue weighted by atomic mass is 10.0. The number of benzene rings is 1. The molecule has 1 rings (SSSR count). The number of carbonyl (C=O) groups is 1. The van der Waals surface area contributed by atoms with Gasteiger partial charge in [0, 0.05) is 5.56 Å². The molecule has 0 radical (unpaired) electrons. The van der Waals surface area contributed by atoms with Crippen molar-refractivity contribution in [3.8, 4) is 11.5 Å². The molecule has 0 heterocycles. The number of carboxylic acid groups (broad SMARTS) is 1. The molecule has 1 aromatic carbocycles. The molecule has 1 aromatic rings. The Hall–Kier alpha value is -1.75. The Labute approximate surface area is 126 Å². The van der Waals surface area contributed by atoms with Crippen LogP contribution in [-0.4, -0.2) is 43.3 Å². The summed E-state index contributed by atoms with van der Waals surface area (Å²) in [5.74, 6) is 0.321. The summed E-state index contributed by atoms with van der Waals surface area (Å²) >= 11 is 0. The van der Waals surface area contributed by atoms with E-state index in [-0.39, 0.29) is 0 Å². The molecule has 1 atom stereocenters. The van der Waals surface area contributed by atoms with Crippen molar-refractivity contribution in [1.29, 1.82) is 0 Å². The number of likely N-dealkylation sites (N-methyl/N-ethyl adjacent to an activating group) is 1. The maximum absolute atomic E-state index is 11.8. The maximum Gasteiger partial charge on any atom is 0.325 e. The molecule has 0 spiro atoms. The summed E-state index contributed by atoms with van der Waals surface area (Å²) in [7, 11) is 3.11. The Morgan fingerprint density at radius 2 is 2.00 bits per heavy atom. The van der Waals surface area contributed by atoms with Crippen LogP contribution >= 0.6 is 0 Å². The fourth-order valence-corrected chi connectivity index (χ4v) is 2.37. The minimum absolute atomic E-state index is 0.568. The first-order valence-electron chi connectivity index (χ1n) is 7.27. The molecule has 5 heteroatoms. The molecule has 0 saturated heterocycles. The number of rotatable bonds is 9. The number of hydrogen-bond donors (Lipinski definition) is 1. The van der Waals surface area contributed by atoms with E-state index in [2.05, 4.69) is 6.92 Å². The topological polar surface area (TPSA) is 59.0 Å². The third kappa shape index (κ3) is 4.36. The molecule has 0 bridgehead atoms. The maximum atomic E-state index is 11.8. The second kappa shape index (κ2) is 8.52. The summed E-state index contributed by atoms with van der Waals surface area (Å²) in [6.45, 7) is 5.47. The average molecular weight is 295 g/mol. The fourth-order valence-electron chi connectivity index (χ4n) is 2.37. The third-order valence-corrected chi connectivity index (χ3v) is 3.54. The molecule has 5 nitrogen and oxygen atoms in total. The van der Waals surface area contributed by atoms with Crippen LogP contribution in [0.1, 0.15) is 38.3 Å². The van der Waals surface area contributed by atoms with Crippen LogP contribution in [0.5, 0.6) is 11.5 Å². The Kier molecular flexibility index (Phi) is 7.02. The van der Waals surface area contributed by atoms with Crippen LogP contribution in [0.2, 0.25) is 0 Å². The second-order valence-electron chi connectivity index (χ2n) is 4.83. The van der Waals surface area contributed by atoms with Gasteiger partial charge in [-0.15, -0.1) is 0 Å². The average Bonchev–Trinajstić information content (AvgIpc) is 2.50. The van der Waals surface area contributed by atoms with Crippen LogP contribution in [0, 0.1) is 0 Å². The van der Waals surface area contributed by atoms with Crippen molar-refractivity contribution in [2.24, 2.45) is 0 Å². The number of carboxylic acids is 1. The highest BCUT2D eigenvalue weighted by atomic mass is 16.5. The summed E-state index contributed by atoms with van der Waals surface area (Å²) < 4.78 is 10.5. The van der Waals surface area contributed by atoms with Gasteiger partial charge in [0.1, 0.15) is 17.5 Å². The highest BCUT2D eigenvalue weighted by Crippen LogP contribution is 2.33. The van der Waals surface area contributed by atoms with Gasteiger partial charge in [-0.3, -0.25) is 9.69 Å². The third-order valence-electron chi connectivity index (χ3n) is 3.54. The van der Waals surface area contributed by atoms with E-state index < -0.39 is 12.0 Å². The van der Waals surface area contributed by atoms with Gasteiger partial charge < -0.3 is 14.6 Å². The van der Waals surface area contributed by atoms with Gasteiger partial charge >= 0.3 is 5.97 Å². The lowest BCUT2D eigenvalue weighted by molar-refractivity contribution is -0.143. The van der Waals surface area contributed by atoms with E-state index in [4.69, 9.17) is 9.47 Å². The molecular formula is C16H25NO4. The van der Waals surface area contributed by atoms with Crippen molar-refractivity contribution in [3.63, 3.8) is 0 Å². The molecule has 1 unspecified atom stereocenters. The van der Waals surface area contributed by atoms with E-state index in [9.17, 15) is 9.90 Å². The number of unbranched alkanes of at least 4 members (excludes halogenated alkanes) is 1. The molecule has 0 aliphatic carbocycles. The summed E-state index contributed by atoms with van der Waals surface area (Å²) in [6.07, 6.45) is 1.99. The lowest BCUT2D eigenvalue weighted by Gasteiger charge is -2.29. The molecular weight excluding hydrogens is 270 g/mol. The molecule has 1 N–H and O–H groups in total. The Balaban J connectivity index is 3.22. The highest BCUT2D eigenvalue weighted by molar-refractivity contribution is 5.77. The molecule has 21 heavy (non-hydrogen) atoms. The van der Waals surface area contributed by atoms with Crippen LogP contribution in [-0.2, 0) is 4.79 Å². The number of aliphatic carboxylic acids is 1. The molecule has 0 saturated carbocycles. The van der Waals surface area contributed by atoms with Gasteiger partial charge in [-0.1, -0.05) is 20.3 Å². The van der Waals surface area contributed by atoms with Crippen LogP contribution < -0.4 is 9.47 Å². The van der Waals surface area contributed by atoms with Crippen molar-refractivity contribution >= 4 is 5.97 Å². The van der Waals surface area contributed by atoms with Crippen molar-refractivity contribution in [1.82, 2.24) is 4.90 Å². The summed E-state index contributed by atoms with van der Waals surface area (Å²) in [4.78, 5) is 13.7. The predicted molar refractivity (Wildman–Crippen MR) is 82.1 cm³/mol. The first kappa shape index (κ1) is 17.3. The van der Waals surface area contributed by atoms with Gasteiger partial charge in [0.25, 0.3) is 0 Å². The van der Waals surface area contributed by atoms with E-state index in [1.54, 1.807) is 32.4 Å². The summed E-state index contributed by atoms with van der Waals surface area (Å²) in [5.41, 5.74) is 0.627. The van der Waals surface area contributed by atoms with Gasteiger partial charge in [0.05, 0.1) is 14.2 Å². The first-order valence-corrected chi connectivity index (χ1v) is 7.27. The van der Waals surface area contributed by atoms with E-state index in [0.29, 0.717) is 23.6 Å². The largest absolute Gasteiger partial charge is 0.497 e. The zero-order chi connectivity index (χ0) is 15.8. The van der Waals surface area contributed by atoms with Gasteiger partial charge in [-0.25, -0.2) is 0 Å². The fraction of sp³-hybridized carbons (Fsp3) is 0.562. The van der Waals surface area contributed by atoms with E-state index in [1.165, 1.54) is 0 Å². The molecule has 0 aliphatic rings. The van der Waals surface area contributed by atoms with Crippen molar-refractivity contribution in [3.05, 3.63) is 23.8 Å². The zero-order valence-electron chi connectivity index (χ0n) is 13.3. The smallest absolute Gasteiger partial charge is 0.325 e. The molecule has 0 amide bonds. The van der Waals surface area contributed by atoms with Gasteiger partial charge in [-0.2, -0.15) is 0 Å². The standard InChI is InChI=1S/C16H25NO4/c1-5-7-10-17(6-2)15(16(18)19)13-11-12(20-3)8-9-14(13)21-4/h8-9,11,15H,5-7,10H2,1-4H3,(H,18,19). The highest BCUT2D eigenvalue weighted by Gasteiger charge is 2.29. The van der Waals surface area contributed by atoms with Crippen LogP contribution in [0.15, 0.2) is 18.2 Å². The lowest BCUT2D eigenvalue weighted by Crippen LogP contribution is -2.35. The van der Waals surface area contributed by atoms with Crippen molar-refractivity contribution in [2.45, 2.75) is 32.7 Å². The molecule has 0 fully saturated rings. The van der Waals surface area contributed by atoms with E-state index in [0.717, 1.165) is 19.4 Å². The predicted octanol–water partition coefficient (Wildman–Crippen LogP) is 2.95. The minimum Gasteiger partial charge on any atom is -0.497 e.